The summed E-state index contributed by atoms with van der Waals surface area (Å²) in [4.78, 5) is 38.5. The molecule has 1 aliphatic rings. The molecule has 2 aromatic rings. The van der Waals surface area contributed by atoms with Gasteiger partial charge in [0.15, 0.2) is 5.78 Å². The molecule has 0 unspecified atom stereocenters. The first-order valence-corrected chi connectivity index (χ1v) is 7.01. The van der Waals surface area contributed by atoms with Crippen LogP contribution in [0.2, 0.25) is 0 Å². The van der Waals surface area contributed by atoms with Gasteiger partial charge in [-0.3, -0.25) is 14.4 Å². The maximum atomic E-state index is 13.1. The number of hydrogen-bond donors (Lipinski definition) is 2. The molecule has 5 nitrogen and oxygen atoms in total. The predicted molar refractivity (Wildman–Crippen MR) is 78.6 cm³/mol. The fraction of sp³-hybridized carbons (Fsp3) is 0.188. The van der Waals surface area contributed by atoms with Gasteiger partial charge in [0.05, 0.1) is 0 Å². The van der Waals surface area contributed by atoms with Crippen LogP contribution in [0, 0.1) is 11.6 Å². The van der Waals surface area contributed by atoms with Crippen molar-refractivity contribution in [3.63, 3.8) is 0 Å². The minimum atomic E-state index is -0.852. The number of hydrogen-bond acceptors (Lipinski definition) is 3. The molecular formula is C16H12F2N2O3. The van der Waals surface area contributed by atoms with Crippen LogP contribution in [0.4, 0.5) is 14.5 Å². The number of anilines is 1. The Bertz CT molecular complexity index is 854. The Kier molecular flexibility index (Phi) is 3.77. The smallest absolute Gasteiger partial charge is 0.261 e. The van der Waals surface area contributed by atoms with Crippen LogP contribution in [0.3, 0.4) is 0 Å². The van der Waals surface area contributed by atoms with Gasteiger partial charge in [-0.1, -0.05) is 0 Å². The molecule has 0 saturated carbocycles. The summed E-state index contributed by atoms with van der Waals surface area (Å²) < 4.78 is 26.3. The van der Waals surface area contributed by atoms with E-state index in [4.69, 9.17) is 0 Å². The average Bonchev–Trinajstić information content (AvgIpc) is 2.45. The molecule has 0 aliphatic heterocycles. The summed E-state index contributed by atoms with van der Waals surface area (Å²) >= 11 is 0. The van der Waals surface area contributed by atoms with Crippen LogP contribution >= 0.6 is 0 Å². The van der Waals surface area contributed by atoms with Crippen LogP contribution in [0.1, 0.15) is 39.3 Å². The van der Waals surface area contributed by atoms with Gasteiger partial charge in [-0.15, -0.1) is 0 Å². The van der Waals surface area contributed by atoms with E-state index in [0.29, 0.717) is 36.6 Å². The summed E-state index contributed by atoms with van der Waals surface area (Å²) in [6.45, 7) is 0. The number of Topliss-reactive ketones (excluding diaryl/α,β-unsaturated/α-hetero) is 1. The molecule has 0 spiro atoms. The van der Waals surface area contributed by atoms with Crippen LogP contribution < -0.4 is 10.9 Å². The number of fused-ring (bicyclic) bond motifs is 1. The largest absolute Gasteiger partial charge is 0.325 e. The molecular weight excluding hydrogens is 306 g/mol. The third-order valence-electron chi connectivity index (χ3n) is 3.62. The van der Waals surface area contributed by atoms with Gasteiger partial charge in [0.25, 0.3) is 11.5 Å². The van der Waals surface area contributed by atoms with E-state index in [1.165, 1.54) is 6.07 Å². The van der Waals surface area contributed by atoms with Crippen molar-refractivity contribution in [2.24, 2.45) is 0 Å². The Balaban J connectivity index is 1.95. The van der Waals surface area contributed by atoms with Crippen LogP contribution in [-0.4, -0.2) is 16.7 Å². The molecule has 0 saturated heterocycles. The molecule has 1 amide bonds. The predicted octanol–water partition coefficient (Wildman–Crippen LogP) is 2.42. The van der Waals surface area contributed by atoms with Crippen molar-refractivity contribution in [2.45, 2.75) is 19.3 Å². The molecule has 0 fully saturated rings. The molecule has 0 atom stereocenters. The maximum absolute atomic E-state index is 13.1. The normalized spacial score (nSPS) is 13.6. The van der Waals surface area contributed by atoms with E-state index >= 15 is 0 Å². The summed E-state index contributed by atoms with van der Waals surface area (Å²) in [6, 6.07) is 3.76. The summed E-state index contributed by atoms with van der Waals surface area (Å²) in [6.07, 6.45) is 1.57. The fourth-order valence-electron chi connectivity index (χ4n) is 2.57. The second-order valence-corrected chi connectivity index (χ2v) is 5.29. The molecule has 3 rings (SSSR count). The number of pyridine rings is 1. The molecule has 118 valence electrons. The van der Waals surface area contributed by atoms with E-state index < -0.39 is 23.1 Å². The van der Waals surface area contributed by atoms with Gasteiger partial charge in [0, 0.05) is 29.4 Å². The molecule has 23 heavy (non-hydrogen) atoms. The van der Waals surface area contributed by atoms with E-state index in [9.17, 15) is 23.2 Å². The highest BCUT2D eigenvalue weighted by Gasteiger charge is 2.22. The molecule has 1 heterocycles. The first-order chi connectivity index (χ1) is 10.9. The van der Waals surface area contributed by atoms with Crippen molar-refractivity contribution < 1.29 is 18.4 Å². The Morgan fingerprint density at radius 1 is 1.04 bits per heavy atom. The molecule has 7 heteroatoms. The summed E-state index contributed by atoms with van der Waals surface area (Å²) in [5.74, 6) is -2.68. The van der Waals surface area contributed by atoms with E-state index in [1.54, 1.807) is 0 Å². The zero-order valence-electron chi connectivity index (χ0n) is 11.9. The Hall–Kier alpha value is -2.83. The average molecular weight is 318 g/mol. The second kappa shape index (κ2) is 5.75. The molecule has 1 aromatic carbocycles. The monoisotopic (exact) mass is 318 g/mol. The molecule has 2 N–H and O–H groups in total. The number of H-pyrrole nitrogens is 1. The zero-order chi connectivity index (χ0) is 16.6. The van der Waals surface area contributed by atoms with E-state index in [-0.39, 0.29) is 17.0 Å². The van der Waals surface area contributed by atoms with Crippen molar-refractivity contribution in [2.75, 3.05) is 5.32 Å². The topological polar surface area (TPSA) is 79.0 Å². The Morgan fingerprint density at radius 2 is 1.74 bits per heavy atom. The first-order valence-electron chi connectivity index (χ1n) is 7.01. The molecule has 1 aromatic heterocycles. The zero-order valence-corrected chi connectivity index (χ0v) is 11.9. The second-order valence-electron chi connectivity index (χ2n) is 5.29. The van der Waals surface area contributed by atoms with Crippen molar-refractivity contribution in [1.82, 2.24) is 4.98 Å². The number of aromatic amines is 1. The van der Waals surface area contributed by atoms with Crippen LogP contribution in [0.15, 0.2) is 29.1 Å². The van der Waals surface area contributed by atoms with Gasteiger partial charge in [-0.2, -0.15) is 0 Å². The van der Waals surface area contributed by atoms with Gasteiger partial charge < -0.3 is 10.3 Å². The van der Waals surface area contributed by atoms with Gasteiger partial charge in [0.1, 0.15) is 17.2 Å². The van der Waals surface area contributed by atoms with Crippen LogP contribution in [-0.2, 0) is 6.42 Å². The van der Waals surface area contributed by atoms with E-state index in [1.807, 2.05) is 0 Å². The number of ketones is 1. The number of amides is 1. The van der Waals surface area contributed by atoms with Gasteiger partial charge in [0.2, 0.25) is 0 Å². The Labute approximate surface area is 129 Å². The number of rotatable bonds is 2. The number of aromatic nitrogens is 1. The van der Waals surface area contributed by atoms with Gasteiger partial charge in [-0.25, -0.2) is 8.78 Å². The number of nitrogens with one attached hydrogen (secondary N) is 2. The van der Waals surface area contributed by atoms with Crippen LogP contribution in [0.25, 0.3) is 0 Å². The highest BCUT2D eigenvalue weighted by Crippen LogP contribution is 2.19. The van der Waals surface area contributed by atoms with Crippen LogP contribution in [0.5, 0.6) is 0 Å². The first kappa shape index (κ1) is 15.1. The van der Waals surface area contributed by atoms with Gasteiger partial charge >= 0.3 is 0 Å². The lowest BCUT2D eigenvalue weighted by Gasteiger charge is -2.15. The van der Waals surface area contributed by atoms with Crippen molar-refractivity contribution >= 4 is 17.4 Å². The Morgan fingerprint density at radius 3 is 2.43 bits per heavy atom. The van der Waals surface area contributed by atoms with Crippen molar-refractivity contribution in [3.8, 4) is 0 Å². The number of benzene rings is 1. The summed E-state index contributed by atoms with van der Waals surface area (Å²) in [5, 5.41) is 2.25. The minimum Gasteiger partial charge on any atom is -0.325 e. The molecule has 0 bridgehead atoms. The highest BCUT2D eigenvalue weighted by atomic mass is 19.1. The summed E-state index contributed by atoms with van der Waals surface area (Å²) in [5.41, 5.74) is -0.210. The quantitative estimate of drug-likeness (QED) is 0.892. The highest BCUT2D eigenvalue weighted by molar-refractivity contribution is 6.06. The number of carbonyl (C=O) groups is 2. The van der Waals surface area contributed by atoms with Crippen molar-refractivity contribution in [1.29, 1.82) is 0 Å². The van der Waals surface area contributed by atoms with E-state index in [2.05, 4.69) is 10.3 Å². The molecule has 1 aliphatic carbocycles. The summed E-state index contributed by atoms with van der Waals surface area (Å²) in [7, 11) is 0. The third kappa shape index (κ3) is 3.03. The van der Waals surface area contributed by atoms with E-state index in [0.717, 1.165) is 12.1 Å². The number of aryl methyl sites for hydroxylation is 1. The third-order valence-corrected chi connectivity index (χ3v) is 3.62. The van der Waals surface area contributed by atoms with Crippen molar-refractivity contribution in [3.05, 3.63) is 63.1 Å². The SMILES string of the molecule is O=C1CCCc2[nH]c(=O)c(C(=O)Nc3cc(F)cc(F)c3)cc21. The molecule has 0 radical (unpaired) electrons. The lowest BCUT2D eigenvalue weighted by molar-refractivity contribution is 0.0971. The number of halogens is 2. The lowest BCUT2D eigenvalue weighted by Crippen LogP contribution is -2.27. The maximum Gasteiger partial charge on any atom is 0.261 e. The van der Waals surface area contributed by atoms with Gasteiger partial charge in [-0.05, 0) is 31.0 Å². The number of carbonyl (C=O) groups excluding carboxylic acids is 2. The fourth-order valence-corrected chi connectivity index (χ4v) is 2.57. The minimum absolute atomic E-state index is 0.115. The standard InChI is InChI=1S/C16H12F2N2O3/c17-8-4-9(18)6-10(5-8)19-15(22)12-7-11-13(20-16(12)23)2-1-3-14(11)21/h4-7H,1-3H2,(H,19,22)(H,20,23). The lowest BCUT2D eigenvalue weighted by atomic mass is 9.93.